The Labute approximate surface area is 144 Å². The lowest BCUT2D eigenvalue weighted by atomic mass is 10.3. The van der Waals surface area contributed by atoms with Crippen LogP contribution in [0.2, 0.25) is 0 Å². The number of hydrogen-bond acceptors (Lipinski definition) is 5. The fraction of sp³-hybridized carbons (Fsp3) is 0.188. The molecule has 0 saturated carbocycles. The van der Waals surface area contributed by atoms with E-state index in [1.807, 2.05) is 0 Å². The third-order valence-electron chi connectivity index (χ3n) is 2.70. The Morgan fingerprint density at radius 3 is 2.79 bits per heavy atom. The van der Waals surface area contributed by atoms with Gasteiger partial charge in [0.05, 0.1) is 6.54 Å². The second-order valence-electron chi connectivity index (χ2n) is 4.61. The van der Waals surface area contributed by atoms with Gasteiger partial charge in [0.2, 0.25) is 5.91 Å². The number of sulfonamides is 1. The van der Waals surface area contributed by atoms with E-state index in [9.17, 15) is 13.2 Å². The van der Waals surface area contributed by atoms with Crippen molar-refractivity contribution in [2.24, 2.45) is 0 Å². The van der Waals surface area contributed by atoms with E-state index in [1.165, 1.54) is 13.0 Å². The minimum Gasteiger partial charge on any atom is -0.481 e. The van der Waals surface area contributed by atoms with Gasteiger partial charge in [-0.15, -0.1) is 11.3 Å². The molecule has 1 heterocycles. The van der Waals surface area contributed by atoms with Crippen LogP contribution < -0.4 is 14.8 Å². The molecule has 2 N–H and O–H groups in total. The van der Waals surface area contributed by atoms with E-state index in [4.69, 9.17) is 4.74 Å². The standard InChI is InChI=1S/C16H16N2O4S2/c1-13(19)18-14-6-4-7-15(12-14)22-10-3-2-9-17-24(20,21)16-8-5-11-23-16/h4-8,11-12,17H,9-10H2,1H3,(H,18,19). The van der Waals surface area contributed by atoms with Gasteiger partial charge in [0.1, 0.15) is 16.6 Å². The van der Waals surface area contributed by atoms with E-state index in [1.54, 1.807) is 35.7 Å². The molecule has 0 spiro atoms. The molecule has 1 aromatic heterocycles. The summed E-state index contributed by atoms with van der Waals surface area (Å²) in [5.74, 6) is 5.82. The molecule has 126 valence electrons. The molecule has 6 nitrogen and oxygen atoms in total. The number of ether oxygens (including phenoxy) is 1. The van der Waals surface area contributed by atoms with Crippen molar-refractivity contribution in [2.45, 2.75) is 11.1 Å². The van der Waals surface area contributed by atoms with Crippen LogP contribution in [0.15, 0.2) is 46.0 Å². The van der Waals surface area contributed by atoms with E-state index in [-0.39, 0.29) is 23.3 Å². The first-order valence-corrected chi connectivity index (χ1v) is 9.33. The van der Waals surface area contributed by atoms with Crippen molar-refractivity contribution in [3.8, 4) is 17.6 Å². The summed E-state index contributed by atoms with van der Waals surface area (Å²) in [7, 11) is -3.49. The van der Waals surface area contributed by atoms with Crippen LogP contribution in [0.4, 0.5) is 5.69 Å². The van der Waals surface area contributed by atoms with Crippen molar-refractivity contribution in [2.75, 3.05) is 18.5 Å². The van der Waals surface area contributed by atoms with Gasteiger partial charge in [0.15, 0.2) is 0 Å². The summed E-state index contributed by atoms with van der Waals surface area (Å²) in [5.41, 5.74) is 0.636. The molecule has 0 aliphatic heterocycles. The Bertz CT molecular complexity index is 850. The molecule has 0 aliphatic rings. The number of carbonyl (C=O) groups excluding carboxylic acids is 1. The summed E-state index contributed by atoms with van der Waals surface area (Å²) in [6, 6.07) is 10.1. The molecular weight excluding hydrogens is 348 g/mol. The fourth-order valence-electron chi connectivity index (χ4n) is 1.72. The summed E-state index contributed by atoms with van der Waals surface area (Å²) < 4.78 is 31.8. The average molecular weight is 364 g/mol. The molecule has 24 heavy (non-hydrogen) atoms. The fourth-order valence-corrected chi connectivity index (χ4v) is 3.68. The van der Waals surface area contributed by atoms with Gasteiger partial charge >= 0.3 is 0 Å². The normalized spacial score (nSPS) is 10.5. The molecule has 1 aromatic carbocycles. The van der Waals surface area contributed by atoms with E-state index >= 15 is 0 Å². The number of amides is 1. The van der Waals surface area contributed by atoms with Crippen molar-refractivity contribution in [3.63, 3.8) is 0 Å². The zero-order valence-corrected chi connectivity index (χ0v) is 14.5. The molecule has 0 atom stereocenters. The molecular formula is C16H16N2O4S2. The van der Waals surface area contributed by atoms with E-state index < -0.39 is 10.0 Å². The molecule has 0 saturated heterocycles. The molecule has 0 aliphatic carbocycles. The Balaban J connectivity index is 1.79. The second kappa shape index (κ2) is 8.49. The van der Waals surface area contributed by atoms with E-state index in [0.29, 0.717) is 11.4 Å². The minimum atomic E-state index is -3.49. The van der Waals surface area contributed by atoms with Crippen molar-refractivity contribution in [1.29, 1.82) is 0 Å². The van der Waals surface area contributed by atoms with Crippen LogP contribution >= 0.6 is 11.3 Å². The monoisotopic (exact) mass is 364 g/mol. The summed E-state index contributed by atoms with van der Waals surface area (Å²) in [5, 5.41) is 4.35. The Hall–Kier alpha value is -2.34. The number of thiophene rings is 1. The van der Waals surface area contributed by atoms with E-state index in [2.05, 4.69) is 21.9 Å². The van der Waals surface area contributed by atoms with Crippen molar-refractivity contribution >= 4 is 33.0 Å². The summed E-state index contributed by atoms with van der Waals surface area (Å²) >= 11 is 1.15. The zero-order chi connectivity index (χ0) is 17.4. The lowest BCUT2D eigenvalue weighted by molar-refractivity contribution is -0.114. The third-order valence-corrected chi connectivity index (χ3v) is 5.50. The molecule has 8 heteroatoms. The number of rotatable bonds is 6. The number of anilines is 1. The third kappa shape index (κ3) is 5.70. The quantitative estimate of drug-likeness (QED) is 0.769. The summed E-state index contributed by atoms with van der Waals surface area (Å²) in [6.07, 6.45) is 0. The van der Waals surface area contributed by atoms with Crippen LogP contribution in [0.3, 0.4) is 0 Å². The van der Waals surface area contributed by atoms with Gasteiger partial charge in [0.25, 0.3) is 10.0 Å². The van der Waals surface area contributed by atoms with Crippen LogP contribution in [-0.2, 0) is 14.8 Å². The Morgan fingerprint density at radius 2 is 2.08 bits per heavy atom. The van der Waals surface area contributed by atoms with Crippen LogP contribution in [0, 0.1) is 11.8 Å². The van der Waals surface area contributed by atoms with Crippen molar-refractivity contribution in [1.82, 2.24) is 4.72 Å². The highest BCUT2D eigenvalue weighted by Gasteiger charge is 2.12. The summed E-state index contributed by atoms with van der Waals surface area (Å²) in [4.78, 5) is 11.0. The highest BCUT2D eigenvalue weighted by atomic mass is 32.2. The second-order valence-corrected chi connectivity index (χ2v) is 7.55. The Kier molecular flexibility index (Phi) is 6.37. The van der Waals surface area contributed by atoms with Crippen LogP contribution in [0.25, 0.3) is 0 Å². The van der Waals surface area contributed by atoms with Crippen LogP contribution in [-0.4, -0.2) is 27.5 Å². The van der Waals surface area contributed by atoms with Gasteiger partial charge in [-0.25, -0.2) is 8.42 Å². The number of hydrogen-bond donors (Lipinski definition) is 2. The highest BCUT2D eigenvalue weighted by Crippen LogP contribution is 2.17. The maximum absolute atomic E-state index is 11.8. The zero-order valence-electron chi connectivity index (χ0n) is 12.9. The van der Waals surface area contributed by atoms with Gasteiger partial charge in [-0.05, 0) is 23.6 Å². The van der Waals surface area contributed by atoms with Crippen LogP contribution in [0.5, 0.6) is 5.75 Å². The first-order chi connectivity index (χ1) is 11.5. The number of nitrogens with one attached hydrogen (secondary N) is 2. The number of carbonyl (C=O) groups is 1. The van der Waals surface area contributed by atoms with E-state index in [0.717, 1.165) is 11.3 Å². The van der Waals surface area contributed by atoms with Crippen LogP contribution in [0.1, 0.15) is 6.92 Å². The minimum absolute atomic E-state index is 0.00945. The SMILES string of the molecule is CC(=O)Nc1cccc(OCC#CCNS(=O)(=O)c2cccs2)c1. The first-order valence-electron chi connectivity index (χ1n) is 6.97. The molecule has 2 aromatic rings. The molecule has 2 rings (SSSR count). The van der Waals surface area contributed by atoms with Crippen molar-refractivity contribution in [3.05, 3.63) is 41.8 Å². The molecule has 0 unspecified atom stereocenters. The molecule has 1 amide bonds. The highest BCUT2D eigenvalue weighted by molar-refractivity contribution is 7.91. The van der Waals surface area contributed by atoms with Gasteiger partial charge in [-0.1, -0.05) is 24.0 Å². The topological polar surface area (TPSA) is 84.5 Å². The maximum atomic E-state index is 11.8. The lowest BCUT2D eigenvalue weighted by Crippen LogP contribution is -2.23. The first kappa shape index (κ1) is 18.0. The van der Waals surface area contributed by atoms with Gasteiger partial charge < -0.3 is 10.1 Å². The summed E-state index contributed by atoms with van der Waals surface area (Å²) in [6.45, 7) is 1.55. The maximum Gasteiger partial charge on any atom is 0.250 e. The van der Waals surface area contributed by atoms with Gasteiger partial charge in [0, 0.05) is 18.7 Å². The average Bonchev–Trinajstić information content (AvgIpc) is 3.06. The molecule has 0 fully saturated rings. The predicted molar refractivity (Wildman–Crippen MR) is 93.5 cm³/mol. The van der Waals surface area contributed by atoms with Gasteiger partial charge in [-0.3, -0.25) is 4.79 Å². The molecule has 0 bridgehead atoms. The predicted octanol–water partition coefficient (Wildman–Crippen LogP) is 2.07. The lowest BCUT2D eigenvalue weighted by Gasteiger charge is -2.05. The Morgan fingerprint density at radius 1 is 1.25 bits per heavy atom. The largest absolute Gasteiger partial charge is 0.481 e. The van der Waals surface area contributed by atoms with Crippen molar-refractivity contribution < 1.29 is 17.9 Å². The molecule has 0 radical (unpaired) electrons. The smallest absolute Gasteiger partial charge is 0.250 e. The van der Waals surface area contributed by atoms with Gasteiger partial charge in [-0.2, -0.15) is 4.72 Å². The number of benzene rings is 1.